The molecule has 3 nitrogen and oxygen atoms in total. The normalized spacial score (nSPS) is 10.7. The van der Waals surface area contributed by atoms with Gasteiger partial charge in [-0.25, -0.2) is 0 Å². The van der Waals surface area contributed by atoms with E-state index in [2.05, 4.69) is 83.8 Å². The highest BCUT2D eigenvalue weighted by atomic mass is 16.5. The summed E-state index contributed by atoms with van der Waals surface area (Å²) in [5.74, 6) is 2.70. The predicted molar refractivity (Wildman–Crippen MR) is 146 cm³/mol. The van der Waals surface area contributed by atoms with Gasteiger partial charge in [0.1, 0.15) is 37.1 Å². The van der Waals surface area contributed by atoms with Crippen molar-refractivity contribution in [2.75, 3.05) is 19.8 Å². The van der Waals surface area contributed by atoms with Crippen molar-refractivity contribution < 1.29 is 14.2 Å². The van der Waals surface area contributed by atoms with Crippen molar-refractivity contribution >= 4 is 0 Å². The smallest absolute Gasteiger partial charge is 0.125 e. The lowest BCUT2D eigenvalue weighted by atomic mass is 9.82. The van der Waals surface area contributed by atoms with Crippen LogP contribution < -0.4 is 14.2 Å². The van der Waals surface area contributed by atoms with E-state index < -0.39 is 0 Å². The molecule has 182 valence electrons. The Bertz CT molecular complexity index is 1070. The Hall–Kier alpha value is -3.72. The molecule has 3 aromatic carbocycles. The summed E-state index contributed by atoms with van der Waals surface area (Å²) in [6, 6.07) is 17.2. The highest BCUT2D eigenvalue weighted by molar-refractivity contribution is 5.54. The number of hydrogen-bond acceptors (Lipinski definition) is 3. The van der Waals surface area contributed by atoms with Crippen LogP contribution in [0.3, 0.4) is 0 Å². The summed E-state index contributed by atoms with van der Waals surface area (Å²) in [6.45, 7) is 21.1. The molecule has 0 aliphatic heterocycles. The average Bonchev–Trinajstić information content (AvgIpc) is 2.83. The second kappa shape index (κ2) is 12.1. The molecule has 0 N–H and O–H groups in total. The number of rotatable bonds is 12. The average molecular weight is 469 g/mol. The highest BCUT2D eigenvalue weighted by Gasteiger charge is 2.21. The molecule has 0 aliphatic rings. The van der Waals surface area contributed by atoms with Crippen LogP contribution in [0.5, 0.6) is 17.2 Å². The molecular formula is C32H36O3. The molecule has 35 heavy (non-hydrogen) atoms. The Morgan fingerprint density at radius 3 is 1.31 bits per heavy atom. The molecule has 0 aliphatic carbocycles. The topological polar surface area (TPSA) is 27.7 Å². The van der Waals surface area contributed by atoms with Crippen LogP contribution in [0.25, 0.3) is 0 Å². The second-order valence-corrected chi connectivity index (χ2v) is 8.77. The van der Waals surface area contributed by atoms with Crippen molar-refractivity contribution in [3.05, 3.63) is 125 Å². The van der Waals surface area contributed by atoms with E-state index >= 15 is 0 Å². The van der Waals surface area contributed by atoms with E-state index in [4.69, 9.17) is 14.2 Å². The fourth-order valence-corrected chi connectivity index (χ4v) is 4.53. The third-order valence-electron chi connectivity index (χ3n) is 5.90. The minimum Gasteiger partial charge on any atom is -0.490 e. The molecule has 3 rings (SSSR count). The largest absolute Gasteiger partial charge is 0.490 e. The van der Waals surface area contributed by atoms with E-state index in [0.717, 1.165) is 39.5 Å². The highest BCUT2D eigenvalue weighted by Crippen LogP contribution is 2.39. The first-order valence-corrected chi connectivity index (χ1v) is 11.9. The summed E-state index contributed by atoms with van der Waals surface area (Å²) in [4.78, 5) is 0. The van der Waals surface area contributed by atoms with Gasteiger partial charge in [-0.05, 0) is 78.8 Å². The minimum atomic E-state index is 0.0418. The zero-order chi connectivity index (χ0) is 25.4. The van der Waals surface area contributed by atoms with Crippen LogP contribution in [0.4, 0.5) is 0 Å². The Balaban J connectivity index is 2.13. The van der Waals surface area contributed by atoms with Gasteiger partial charge in [-0.1, -0.05) is 74.4 Å². The molecule has 0 radical (unpaired) electrons. The Labute approximate surface area is 210 Å². The first kappa shape index (κ1) is 25.9. The van der Waals surface area contributed by atoms with Gasteiger partial charge in [0, 0.05) is 5.92 Å². The summed E-state index contributed by atoms with van der Waals surface area (Å²) in [6.07, 6.45) is 5.29. The van der Waals surface area contributed by atoms with Crippen molar-refractivity contribution in [3.8, 4) is 17.2 Å². The monoisotopic (exact) mass is 468 g/mol. The molecule has 0 atom stereocenters. The number of ether oxygens (including phenoxy) is 3. The Kier molecular flexibility index (Phi) is 8.97. The van der Waals surface area contributed by atoms with Crippen LogP contribution in [0.15, 0.2) is 86.5 Å². The van der Waals surface area contributed by atoms with Crippen LogP contribution in [-0.4, -0.2) is 19.8 Å². The lowest BCUT2D eigenvalue weighted by Gasteiger charge is -2.24. The van der Waals surface area contributed by atoms with Crippen molar-refractivity contribution in [1.82, 2.24) is 0 Å². The SMILES string of the molecule is C=CCOc1ccc(C(c2cc(C)c(OCC=C)c(C)c2)c2cc(C)c(OCC=C)c(C)c2)cc1. The summed E-state index contributed by atoms with van der Waals surface area (Å²) in [5, 5.41) is 0. The number of hydrogen-bond donors (Lipinski definition) is 0. The molecule has 0 saturated heterocycles. The zero-order valence-electron chi connectivity index (χ0n) is 21.4. The van der Waals surface area contributed by atoms with Crippen molar-refractivity contribution in [2.45, 2.75) is 33.6 Å². The molecule has 0 saturated carbocycles. The summed E-state index contributed by atoms with van der Waals surface area (Å²) >= 11 is 0. The van der Waals surface area contributed by atoms with Gasteiger partial charge >= 0.3 is 0 Å². The summed E-state index contributed by atoms with van der Waals surface area (Å²) in [7, 11) is 0. The standard InChI is InChI=1S/C32H36O3/c1-8-15-33-29-13-11-26(12-14-29)30(27-18-22(4)31(23(5)19-27)34-16-9-2)28-20-24(6)32(25(7)21-28)35-17-10-3/h8-14,18-21,30H,1-3,15-17H2,4-7H3. The number of benzene rings is 3. The maximum atomic E-state index is 5.94. The van der Waals surface area contributed by atoms with Crippen LogP contribution in [0.1, 0.15) is 44.9 Å². The van der Waals surface area contributed by atoms with Gasteiger partial charge in [0.25, 0.3) is 0 Å². The van der Waals surface area contributed by atoms with E-state index in [9.17, 15) is 0 Å². The summed E-state index contributed by atoms with van der Waals surface area (Å²) < 4.78 is 17.6. The van der Waals surface area contributed by atoms with Gasteiger partial charge in [0.05, 0.1) is 0 Å². The maximum Gasteiger partial charge on any atom is 0.125 e. The molecular weight excluding hydrogens is 432 g/mol. The van der Waals surface area contributed by atoms with E-state index in [-0.39, 0.29) is 5.92 Å². The van der Waals surface area contributed by atoms with Crippen LogP contribution in [0.2, 0.25) is 0 Å². The third kappa shape index (κ3) is 6.24. The van der Waals surface area contributed by atoms with Gasteiger partial charge < -0.3 is 14.2 Å². The zero-order valence-corrected chi connectivity index (χ0v) is 21.4. The van der Waals surface area contributed by atoms with Crippen LogP contribution >= 0.6 is 0 Å². The molecule has 0 aromatic heterocycles. The molecule has 0 spiro atoms. The molecule has 0 fully saturated rings. The Morgan fingerprint density at radius 1 is 0.571 bits per heavy atom. The Morgan fingerprint density at radius 2 is 0.943 bits per heavy atom. The van der Waals surface area contributed by atoms with E-state index in [1.807, 2.05) is 12.1 Å². The molecule has 0 amide bonds. The van der Waals surface area contributed by atoms with Gasteiger partial charge in [0.2, 0.25) is 0 Å². The van der Waals surface area contributed by atoms with Crippen LogP contribution in [0, 0.1) is 27.7 Å². The van der Waals surface area contributed by atoms with E-state index in [0.29, 0.717) is 19.8 Å². The molecule has 3 heteroatoms. The predicted octanol–water partition coefficient (Wildman–Crippen LogP) is 7.79. The molecule has 0 heterocycles. The first-order chi connectivity index (χ1) is 16.9. The van der Waals surface area contributed by atoms with Gasteiger partial charge in [-0.15, -0.1) is 0 Å². The lowest BCUT2D eigenvalue weighted by Crippen LogP contribution is -2.08. The maximum absolute atomic E-state index is 5.94. The quantitative estimate of drug-likeness (QED) is 0.200. The van der Waals surface area contributed by atoms with E-state index in [1.165, 1.54) is 16.7 Å². The van der Waals surface area contributed by atoms with Crippen molar-refractivity contribution in [3.63, 3.8) is 0 Å². The minimum absolute atomic E-state index is 0.0418. The van der Waals surface area contributed by atoms with Crippen molar-refractivity contribution in [1.29, 1.82) is 0 Å². The molecule has 0 unspecified atom stereocenters. The summed E-state index contributed by atoms with van der Waals surface area (Å²) in [5.41, 5.74) is 8.05. The van der Waals surface area contributed by atoms with Gasteiger partial charge in [0.15, 0.2) is 0 Å². The number of aryl methyl sites for hydroxylation is 4. The van der Waals surface area contributed by atoms with Gasteiger partial charge in [-0.3, -0.25) is 0 Å². The first-order valence-electron chi connectivity index (χ1n) is 11.9. The van der Waals surface area contributed by atoms with Gasteiger partial charge in [-0.2, -0.15) is 0 Å². The molecule has 0 bridgehead atoms. The fraction of sp³-hybridized carbons (Fsp3) is 0.250. The van der Waals surface area contributed by atoms with Crippen molar-refractivity contribution in [2.24, 2.45) is 0 Å². The van der Waals surface area contributed by atoms with Crippen LogP contribution in [-0.2, 0) is 0 Å². The second-order valence-electron chi connectivity index (χ2n) is 8.77. The molecule has 3 aromatic rings. The third-order valence-corrected chi connectivity index (χ3v) is 5.90. The fourth-order valence-electron chi connectivity index (χ4n) is 4.53. The lowest BCUT2D eigenvalue weighted by molar-refractivity contribution is 0.358. The van der Waals surface area contributed by atoms with E-state index in [1.54, 1.807) is 18.2 Å².